The third kappa shape index (κ3) is 1.66. The quantitative estimate of drug-likeness (QED) is 0.813. The lowest BCUT2D eigenvalue weighted by atomic mass is 9.99. The van der Waals surface area contributed by atoms with Gasteiger partial charge in [0.05, 0.1) is 16.3 Å². The van der Waals surface area contributed by atoms with Crippen molar-refractivity contribution in [3.8, 4) is 0 Å². The van der Waals surface area contributed by atoms with Crippen LogP contribution < -0.4 is 5.32 Å². The van der Waals surface area contributed by atoms with Gasteiger partial charge in [-0.3, -0.25) is 4.40 Å². The SMILES string of the molecule is Brc1cccc2cnc(C3CCCNC3)n12. The Morgan fingerprint density at radius 1 is 1.44 bits per heavy atom. The van der Waals surface area contributed by atoms with Crippen molar-refractivity contribution in [2.24, 2.45) is 0 Å². The molecule has 0 bridgehead atoms. The fourth-order valence-electron chi connectivity index (χ4n) is 2.39. The largest absolute Gasteiger partial charge is 0.316 e. The molecule has 1 unspecified atom stereocenters. The lowest BCUT2D eigenvalue weighted by Gasteiger charge is -2.22. The van der Waals surface area contributed by atoms with E-state index in [9.17, 15) is 0 Å². The first-order valence-corrected chi connectivity index (χ1v) is 6.48. The molecule has 1 atom stereocenters. The molecule has 3 nitrogen and oxygen atoms in total. The molecule has 16 heavy (non-hydrogen) atoms. The zero-order chi connectivity index (χ0) is 11.0. The molecule has 3 heterocycles. The Hall–Kier alpha value is -0.870. The summed E-state index contributed by atoms with van der Waals surface area (Å²) in [4.78, 5) is 4.57. The Balaban J connectivity index is 2.09. The first-order chi connectivity index (χ1) is 7.86. The van der Waals surface area contributed by atoms with Gasteiger partial charge in [0.15, 0.2) is 0 Å². The van der Waals surface area contributed by atoms with Crippen LogP contribution in [0.3, 0.4) is 0 Å². The predicted octanol–water partition coefficient (Wildman–Crippen LogP) is 2.56. The number of imidazole rings is 1. The third-order valence-corrected chi connectivity index (χ3v) is 3.81. The Bertz CT molecular complexity index is 500. The van der Waals surface area contributed by atoms with Crippen molar-refractivity contribution < 1.29 is 0 Å². The Morgan fingerprint density at radius 3 is 3.19 bits per heavy atom. The van der Waals surface area contributed by atoms with E-state index in [2.05, 4.69) is 42.8 Å². The average molecular weight is 280 g/mol. The number of fused-ring (bicyclic) bond motifs is 1. The van der Waals surface area contributed by atoms with Crippen molar-refractivity contribution in [1.29, 1.82) is 0 Å². The van der Waals surface area contributed by atoms with Crippen molar-refractivity contribution in [2.45, 2.75) is 18.8 Å². The van der Waals surface area contributed by atoms with Gasteiger partial charge in [-0.15, -0.1) is 0 Å². The second-order valence-electron chi connectivity index (χ2n) is 4.27. The minimum Gasteiger partial charge on any atom is -0.316 e. The Kier molecular flexibility index (Phi) is 2.69. The highest BCUT2D eigenvalue weighted by atomic mass is 79.9. The van der Waals surface area contributed by atoms with Gasteiger partial charge in [-0.25, -0.2) is 4.98 Å². The van der Waals surface area contributed by atoms with E-state index in [1.807, 2.05) is 12.3 Å². The van der Waals surface area contributed by atoms with E-state index in [4.69, 9.17) is 0 Å². The van der Waals surface area contributed by atoms with E-state index in [0.717, 1.165) is 23.2 Å². The normalized spacial score (nSPS) is 21.4. The Labute approximate surface area is 103 Å². The molecule has 0 aromatic carbocycles. The highest BCUT2D eigenvalue weighted by Gasteiger charge is 2.20. The van der Waals surface area contributed by atoms with Gasteiger partial charge in [-0.2, -0.15) is 0 Å². The summed E-state index contributed by atoms with van der Waals surface area (Å²) in [5.74, 6) is 1.71. The second-order valence-corrected chi connectivity index (χ2v) is 5.08. The summed E-state index contributed by atoms with van der Waals surface area (Å²) in [7, 11) is 0. The lowest BCUT2D eigenvalue weighted by Crippen LogP contribution is -2.29. The molecule has 2 aromatic heterocycles. The molecule has 0 spiro atoms. The van der Waals surface area contributed by atoms with Gasteiger partial charge in [-0.05, 0) is 47.4 Å². The number of aromatic nitrogens is 2. The molecule has 1 N–H and O–H groups in total. The van der Waals surface area contributed by atoms with E-state index < -0.39 is 0 Å². The molecule has 1 aliphatic rings. The molecule has 0 radical (unpaired) electrons. The first-order valence-electron chi connectivity index (χ1n) is 5.69. The number of halogens is 1. The average Bonchev–Trinajstić information content (AvgIpc) is 2.75. The molecular formula is C12H14BrN3. The zero-order valence-corrected chi connectivity index (χ0v) is 10.6. The van der Waals surface area contributed by atoms with Gasteiger partial charge in [0, 0.05) is 12.5 Å². The fourth-order valence-corrected chi connectivity index (χ4v) is 2.93. The number of nitrogens with zero attached hydrogens (tertiary/aromatic N) is 2. The summed E-state index contributed by atoms with van der Waals surface area (Å²) in [6.45, 7) is 2.18. The fraction of sp³-hybridized carbons (Fsp3) is 0.417. The second kappa shape index (κ2) is 4.18. The molecule has 2 aromatic rings. The summed E-state index contributed by atoms with van der Waals surface area (Å²) in [6, 6.07) is 6.20. The number of hydrogen-bond donors (Lipinski definition) is 1. The molecule has 0 aliphatic carbocycles. The van der Waals surface area contributed by atoms with E-state index in [1.54, 1.807) is 0 Å². The number of pyridine rings is 1. The van der Waals surface area contributed by atoms with Crippen molar-refractivity contribution >= 4 is 21.4 Å². The molecule has 1 aliphatic heterocycles. The van der Waals surface area contributed by atoms with Crippen LogP contribution in [0.5, 0.6) is 0 Å². The minimum atomic E-state index is 0.537. The maximum atomic E-state index is 4.57. The molecule has 3 rings (SSSR count). The lowest BCUT2D eigenvalue weighted by molar-refractivity contribution is 0.445. The molecule has 0 saturated carbocycles. The zero-order valence-electron chi connectivity index (χ0n) is 8.99. The third-order valence-electron chi connectivity index (χ3n) is 3.19. The maximum Gasteiger partial charge on any atom is 0.118 e. The monoisotopic (exact) mass is 279 g/mol. The van der Waals surface area contributed by atoms with Crippen LogP contribution in [0.1, 0.15) is 24.6 Å². The van der Waals surface area contributed by atoms with Gasteiger partial charge in [-0.1, -0.05) is 6.07 Å². The number of nitrogens with one attached hydrogen (secondary N) is 1. The van der Waals surface area contributed by atoms with Crippen molar-refractivity contribution in [1.82, 2.24) is 14.7 Å². The van der Waals surface area contributed by atoms with Crippen LogP contribution in [0.25, 0.3) is 5.52 Å². The van der Waals surface area contributed by atoms with Crippen LogP contribution in [0.15, 0.2) is 29.0 Å². The smallest absolute Gasteiger partial charge is 0.118 e. The standard InChI is InChI=1S/C12H14BrN3/c13-11-5-1-4-10-8-15-12(16(10)11)9-3-2-6-14-7-9/h1,4-5,8-9,14H,2-3,6-7H2. The van der Waals surface area contributed by atoms with Gasteiger partial charge in [0.1, 0.15) is 5.82 Å². The van der Waals surface area contributed by atoms with Crippen LogP contribution in [0.2, 0.25) is 0 Å². The van der Waals surface area contributed by atoms with Crippen molar-refractivity contribution in [3.05, 3.63) is 34.8 Å². The highest BCUT2D eigenvalue weighted by Crippen LogP contribution is 2.25. The Morgan fingerprint density at radius 2 is 2.38 bits per heavy atom. The van der Waals surface area contributed by atoms with E-state index in [-0.39, 0.29) is 0 Å². The number of rotatable bonds is 1. The summed E-state index contributed by atoms with van der Waals surface area (Å²) in [5, 5.41) is 3.44. The molecule has 1 fully saturated rings. The predicted molar refractivity (Wildman–Crippen MR) is 67.7 cm³/mol. The first kappa shape index (κ1) is 10.3. The van der Waals surface area contributed by atoms with Crippen LogP contribution >= 0.6 is 15.9 Å². The van der Waals surface area contributed by atoms with E-state index in [1.165, 1.54) is 18.7 Å². The van der Waals surface area contributed by atoms with E-state index in [0.29, 0.717) is 5.92 Å². The number of hydrogen-bond acceptors (Lipinski definition) is 2. The maximum absolute atomic E-state index is 4.57. The molecule has 1 saturated heterocycles. The van der Waals surface area contributed by atoms with Gasteiger partial charge in [0.25, 0.3) is 0 Å². The minimum absolute atomic E-state index is 0.537. The van der Waals surface area contributed by atoms with Crippen LogP contribution in [-0.4, -0.2) is 22.5 Å². The van der Waals surface area contributed by atoms with Crippen LogP contribution in [0, 0.1) is 0 Å². The summed E-state index contributed by atoms with van der Waals surface area (Å²) >= 11 is 3.60. The highest BCUT2D eigenvalue weighted by molar-refractivity contribution is 9.10. The molecular weight excluding hydrogens is 266 g/mol. The van der Waals surface area contributed by atoms with Gasteiger partial charge >= 0.3 is 0 Å². The van der Waals surface area contributed by atoms with Gasteiger partial charge in [0.2, 0.25) is 0 Å². The molecule has 84 valence electrons. The summed E-state index contributed by atoms with van der Waals surface area (Å²) in [6.07, 6.45) is 4.42. The summed E-state index contributed by atoms with van der Waals surface area (Å²) in [5.41, 5.74) is 1.16. The van der Waals surface area contributed by atoms with Crippen LogP contribution in [-0.2, 0) is 0 Å². The molecule has 4 heteroatoms. The van der Waals surface area contributed by atoms with Crippen molar-refractivity contribution in [2.75, 3.05) is 13.1 Å². The summed E-state index contributed by atoms with van der Waals surface area (Å²) < 4.78 is 3.29. The van der Waals surface area contributed by atoms with E-state index >= 15 is 0 Å². The topological polar surface area (TPSA) is 29.3 Å². The molecule has 0 amide bonds. The van der Waals surface area contributed by atoms with Crippen LogP contribution in [0.4, 0.5) is 0 Å². The number of piperidine rings is 1. The van der Waals surface area contributed by atoms with Crippen molar-refractivity contribution in [3.63, 3.8) is 0 Å². The van der Waals surface area contributed by atoms with Gasteiger partial charge < -0.3 is 5.32 Å².